The summed E-state index contributed by atoms with van der Waals surface area (Å²) in [6.45, 7) is 8.96. The molecule has 0 N–H and O–H groups in total. The molecule has 1 aromatic heterocycles. The van der Waals surface area contributed by atoms with Crippen molar-refractivity contribution < 1.29 is 0 Å². The lowest BCUT2D eigenvalue weighted by atomic mass is 9.97. The number of hydrogen-bond donors (Lipinski definition) is 0. The summed E-state index contributed by atoms with van der Waals surface area (Å²) in [5.41, 5.74) is 1.04. The summed E-state index contributed by atoms with van der Waals surface area (Å²) in [6.07, 6.45) is 5.81. The van der Waals surface area contributed by atoms with Crippen molar-refractivity contribution in [3.8, 4) is 0 Å². The molecule has 0 amide bonds. The molecule has 3 nitrogen and oxygen atoms in total. The van der Waals surface area contributed by atoms with Crippen molar-refractivity contribution >= 4 is 30.7 Å². The van der Waals surface area contributed by atoms with Crippen molar-refractivity contribution in [2.45, 2.75) is 32.7 Å². The van der Waals surface area contributed by atoms with Crippen LogP contribution < -0.4 is 10.4 Å². The van der Waals surface area contributed by atoms with Crippen LogP contribution in [0.3, 0.4) is 0 Å². The Morgan fingerprint density at radius 2 is 2.18 bits per heavy atom. The van der Waals surface area contributed by atoms with E-state index in [0.717, 1.165) is 30.7 Å². The minimum atomic E-state index is 0.297. The summed E-state index contributed by atoms with van der Waals surface area (Å²) in [5, 5.41) is 0.297. The molecule has 0 atom stereocenters. The van der Waals surface area contributed by atoms with Gasteiger partial charge in [-0.1, -0.05) is 19.9 Å². The molecule has 1 rings (SSSR count). The van der Waals surface area contributed by atoms with Crippen LogP contribution in [-0.2, 0) is 0 Å². The predicted octanol–water partition coefficient (Wildman–Crippen LogP) is 1.57. The quantitative estimate of drug-likeness (QED) is 0.437. The van der Waals surface area contributed by atoms with Crippen LogP contribution in [0.2, 0.25) is 5.28 Å². The summed E-state index contributed by atoms with van der Waals surface area (Å²) in [4.78, 5) is 10.6. The Kier molecular flexibility index (Phi) is 5.49. The van der Waals surface area contributed by atoms with Crippen LogP contribution in [0.1, 0.15) is 26.7 Å². The average molecular weight is 252 g/mol. The van der Waals surface area contributed by atoms with E-state index in [9.17, 15) is 0 Å². The van der Waals surface area contributed by atoms with Crippen molar-refractivity contribution in [2.24, 2.45) is 0 Å². The maximum atomic E-state index is 5.88. The third-order valence-corrected chi connectivity index (χ3v) is 3.08. The maximum Gasteiger partial charge on any atom is 0.224 e. The molecule has 0 aliphatic heterocycles. The van der Waals surface area contributed by atoms with Crippen LogP contribution in [0.25, 0.3) is 0 Å². The lowest BCUT2D eigenvalue weighted by molar-refractivity contribution is 0.571. The molecule has 0 saturated carbocycles. The molecule has 0 radical (unpaired) electrons. The topological polar surface area (TPSA) is 29.0 Å². The fourth-order valence-corrected chi connectivity index (χ4v) is 2.11. The van der Waals surface area contributed by atoms with Gasteiger partial charge < -0.3 is 4.90 Å². The van der Waals surface area contributed by atoms with Gasteiger partial charge in [0.05, 0.1) is 0 Å². The number of hydrogen-bond acceptors (Lipinski definition) is 3. The maximum absolute atomic E-state index is 5.88. The molecule has 0 aliphatic carbocycles. The molecule has 0 bridgehead atoms. The molecular formula is C12H19BClN3. The second-order valence-electron chi connectivity index (χ2n) is 4.06. The van der Waals surface area contributed by atoms with Crippen molar-refractivity contribution in [3.05, 3.63) is 24.1 Å². The standard InChI is InChI=1S/C12H19BClN3/c1-4-7-17(9(5-2)6-3)11-10(13)8-15-12(14)16-11/h4,8-9H,1,5-7,13H2,2-3H3. The second kappa shape index (κ2) is 6.65. The Bertz CT molecular complexity index is 380. The van der Waals surface area contributed by atoms with Crippen LogP contribution in [-0.4, -0.2) is 30.4 Å². The van der Waals surface area contributed by atoms with Gasteiger partial charge in [0, 0.05) is 18.8 Å². The Morgan fingerprint density at radius 1 is 1.53 bits per heavy atom. The molecule has 0 unspecified atom stereocenters. The Balaban J connectivity index is 3.11. The fraction of sp³-hybridized carbons (Fsp3) is 0.500. The Morgan fingerprint density at radius 3 is 2.71 bits per heavy atom. The minimum absolute atomic E-state index is 0.297. The molecule has 0 saturated heterocycles. The molecule has 0 aromatic carbocycles. The third kappa shape index (κ3) is 3.46. The summed E-state index contributed by atoms with van der Waals surface area (Å²) in [7, 11) is 2.00. The van der Waals surface area contributed by atoms with E-state index in [2.05, 4.69) is 35.3 Å². The number of halogens is 1. The fourth-order valence-electron chi connectivity index (χ4n) is 1.98. The first-order chi connectivity index (χ1) is 8.13. The number of aromatic nitrogens is 2. The van der Waals surface area contributed by atoms with Crippen molar-refractivity contribution in [1.29, 1.82) is 0 Å². The molecule has 5 heteroatoms. The molecule has 1 aromatic rings. The zero-order chi connectivity index (χ0) is 12.8. The van der Waals surface area contributed by atoms with Gasteiger partial charge in [0.1, 0.15) is 13.7 Å². The van der Waals surface area contributed by atoms with Crippen LogP contribution in [0, 0.1) is 0 Å². The smallest absolute Gasteiger partial charge is 0.224 e. The highest BCUT2D eigenvalue weighted by Crippen LogP contribution is 2.17. The monoisotopic (exact) mass is 251 g/mol. The van der Waals surface area contributed by atoms with Gasteiger partial charge >= 0.3 is 0 Å². The molecular weight excluding hydrogens is 232 g/mol. The minimum Gasteiger partial charge on any atom is -0.350 e. The number of anilines is 1. The van der Waals surface area contributed by atoms with Crippen LogP contribution in [0.15, 0.2) is 18.9 Å². The van der Waals surface area contributed by atoms with Crippen molar-refractivity contribution in [1.82, 2.24) is 9.97 Å². The van der Waals surface area contributed by atoms with E-state index < -0.39 is 0 Å². The Labute approximate surface area is 109 Å². The Hall–Kier alpha value is -1.03. The van der Waals surface area contributed by atoms with E-state index in [1.54, 1.807) is 6.20 Å². The van der Waals surface area contributed by atoms with Gasteiger partial charge in [0.2, 0.25) is 5.28 Å². The van der Waals surface area contributed by atoms with E-state index in [-0.39, 0.29) is 0 Å². The van der Waals surface area contributed by atoms with Crippen LogP contribution in [0.5, 0.6) is 0 Å². The second-order valence-corrected chi connectivity index (χ2v) is 4.40. The average Bonchev–Trinajstić information content (AvgIpc) is 2.33. The first kappa shape index (κ1) is 14.0. The molecule has 0 aliphatic rings. The van der Waals surface area contributed by atoms with Crippen LogP contribution >= 0.6 is 11.6 Å². The van der Waals surface area contributed by atoms with Gasteiger partial charge in [0.25, 0.3) is 0 Å². The van der Waals surface area contributed by atoms with Crippen LogP contribution in [0.4, 0.5) is 5.82 Å². The van der Waals surface area contributed by atoms with E-state index >= 15 is 0 Å². The summed E-state index contributed by atoms with van der Waals surface area (Å²) >= 11 is 5.88. The molecule has 0 fully saturated rings. The predicted molar refractivity (Wildman–Crippen MR) is 77.1 cm³/mol. The van der Waals surface area contributed by atoms with Gasteiger partial charge in [-0.2, -0.15) is 0 Å². The largest absolute Gasteiger partial charge is 0.350 e. The highest BCUT2D eigenvalue weighted by atomic mass is 35.5. The van der Waals surface area contributed by atoms with E-state index in [4.69, 9.17) is 11.6 Å². The van der Waals surface area contributed by atoms with E-state index in [1.807, 2.05) is 13.9 Å². The van der Waals surface area contributed by atoms with Crippen molar-refractivity contribution in [2.75, 3.05) is 11.4 Å². The zero-order valence-electron chi connectivity index (χ0n) is 10.8. The highest BCUT2D eigenvalue weighted by molar-refractivity contribution is 6.36. The van der Waals surface area contributed by atoms with E-state index in [1.165, 1.54) is 0 Å². The molecule has 92 valence electrons. The van der Waals surface area contributed by atoms with Gasteiger partial charge in [0.15, 0.2) is 0 Å². The summed E-state index contributed by atoms with van der Waals surface area (Å²) < 4.78 is 0. The van der Waals surface area contributed by atoms with Gasteiger partial charge in [-0.3, -0.25) is 0 Å². The molecule has 17 heavy (non-hydrogen) atoms. The highest BCUT2D eigenvalue weighted by Gasteiger charge is 2.17. The normalized spacial score (nSPS) is 10.6. The molecule has 0 spiro atoms. The third-order valence-electron chi connectivity index (χ3n) is 2.90. The summed E-state index contributed by atoms with van der Waals surface area (Å²) in [6, 6.07) is 0.456. The first-order valence-electron chi connectivity index (χ1n) is 6.00. The lowest BCUT2D eigenvalue weighted by Gasteiger charge is -2.31. The molecule has 1 heterocycles. The first-order valence-corrected chi connectivity index (χ1v) is 6.38. The lowest BCUT2D eigenvalue weighted by Crippen LogP contribution is -2.38. The van der Waals surface area contributed by atoms with E-state index in [0.29, 0.717) is 11.3 Å². The van der Waals surface area contributed by atoms with Gasteiger partial charge in [-0.05, 0) is 29.9 Å². The van der Waals surface area contributed by atoms with Gasteiger partial charge in [-0.15, -0.1) is 6.58 Å². The SMILES string of the molecule is Bc1cnc(Cl)nc1N(CC=C)C(CC)CC. The zero-order valence-corrected chi connectivity index (χ0v) is 11.5. The van der Waals surface area contributed by atoms with Crippen molar-refractivity contribution in [3.63, 3.8) is 0 Å². The summed E-state index contributed by atoms with van der Waals surface area (Å²) in [5.74, 6) is 0.915. The number of nitrogens with zero attached hydrogens (tertiary/aromatic N) is 3. The number of rotatable bonds is 6. The van der Waals surface area contributed by atoms with Gasteiger partial charge in [-0.25, -0.2) is 9.97 Å².